The number of halogens is 1. The summed E-state index contributed by atoms with van der Waals surface area (Å²) in [5.41, 5.74) is -0.618. The van der Waals surface area contributed by atoms with Crippen LogP contribution in [0.15, 0.2) is 53.0 Å². The van der Waals surface area contributed by atoms with Crippen LogP contribution in [0.4, 0.5) is 0 Å². The number of nitrogens with zero attached hydrogens (tertiary/aromatic N) is 2. The summed E-state index contributed by atoms with van der Waals surface area (Å²) in [5.74, 6) is -3.25. The van der Waals surface area contributed by atoms with Gasteiger partial charge in [0.2, 0.25) is 17.7 Å². The molecule has 45 heavy (non-hydrogen) atoms. The molecule has 5 bridgehead atoms. The Morgan fingerprint density at radius 3 is 2.47 bits per heavy atom. The minimum atomic E-state index is -1.33. The largest absolute Gasteiger partial charge is 0.455 e. The molecule has 7 atom stereocenters. The first-order valence-corrected chi connectivity index (χ1v) is 16.9. The highest BCUT2D eigenvalue weighted by atomic mass is 79.9. The first-order valence-electron chi connectivity index (χ1n) is 16.1. The molecule has 10 nitrogen and oxygen atoms in total. The molecule has 0 aromatic heterocycles. The van der Waals surface area contributed by atoms with Crippen LogP contribution < -0.4 is 5.32 Å². The summed E-state index contributed by atoms with van der Waals surface area (Å²) < 4.78 is 13.4. The summed E-state index contributed by atoms with van der Waals surface area (Å²) in [6.07, 6.45) is 7.66. The van der Waals surface area contributed by atoms with Gasteiger partial charge in [0, 0.05) is 36.6 Å². The Morgan fingerprint density at radius 2 is 1.76 bits per heavy atom. The number of aliphatic hydroxyl groups is 1. The van der Waals surface area contributed by atoms with Crippen molar-refractivity contribution in [1.29, 1.82) is 0 Å². The van der Waals surface area contributed by atoms with E-state index in [1.54, 1.807) is 16.7 Å². The number of hydrogen-bond acceptors (Lipinski definition) is 7. The zero-order chi connectivity index (χ0) is 32.3. The molecule has 2 saturated heterocycles. The Hall–Kier alpha value is -3.02. The Labute approximate surface area is 273 Å². The molecule has 0 unspecified atom stereocenters. The standard InChI is InChI=1S/C34H44BrN3O7/c1-21(2)37-17-12-7-10-16-25(40)36-22(3)28(23-14-8-6-9-15-23)44-33(43)26-27-31(41)38(18-11-4-5-13-19-39)30(32(37)42)34(27)20-24(35)29(26)45-34/h6-9,12,14-15,20-22,26-30,39H,4-5,10-11,13,16-19H2,1-3H3,(H,36,40)/b12-7-/t22-,26+,27-,28+,29+,30+,34-/m1/s1. The SMILES string of the molecule is CC(C)N1C/C=C\CCC(=O)N[C@H](C)[C@@H](c2ccccc2)OC(=O)[C@@H]2[C@H]3O[C@@]4(C=C3Br)[C@H](C1=O)N(CCCCCCO)C(=O)[C@@H]24. The van der Waals surface area contributed by atoms with Crippen LogP contribution in [0.5, 0.6) is 0 Å². The zero-order valence-electron chi connectivity index (χ0n) is 26.2. The molecule has 244 valence electrons. The lowest BCUT2D eigenvalue weighted by molar-refractivity contribution is -0.161. The molecule has 0 saturated carbocycles. The normalized spacial score (nSPS) is 32.9. The van der Waals surface area contributed by atoms with E-state index in [0.717, 1.165) is 12.8 Å². The molecule has 4 heterocycles. The molecule has 1 aromatic carbocycles. The average Bonchev–Trinajstić information content (AvgIpc) is 3.60. The second-order valence-corrected chi connectivity index (χ2v) is 13.6. The first kappa shape index (κ1) is 33.3. The van der Waals surface area contributed by atoms with Crippen LogP contribution in [-0.4, -0.2) is 88.1 Å². The summed E-state index contributed by atoms with van der Waals surface area (Å²) in [7, 11) is 0. The Bertz CT molecular complexity index is 1330. The van der Waals surface area contributed by atoms with Crippen molar-refractivity contribution in [3.8, 4) is 0 Å². The fraction of sp³-hybridized carbons (Fsp3) is 0.588. The van der Waals surface area contributed by atoms with E-state index in [1.807, 2.05) is 62.4 Å². The zero-order valence-corrected chi connectivity index (χ0v) is 27.8. The molecular weight excluding hydrogens is 642 g/mol. The maximum atomic E-state index is 14.5. The third-order valence-electron chi connectivity index (χ3n) is 9.37. The van der Waals surface area contributed by atoms with Crippen molar-refractivity contribution in [2.75, 3.05) is 19.7 Å². The molecule has 3 amide bonds. The van der Waals surface area contributed by atoms with E-state index in [2.05, 4.69) is 21.2 Å². The lowest BCUT2D eigenvalue weighted by Crippen LogP contribution is -2.57. The molecule has 1 aromatic rings. The highest BCUT2D eigenvalue weighted by Crippen LogP contribution is 2.59. The number of unbranched alkanes of at least 4 members (excludes halogenated alkanes) is 3. The number of aliphatic hydroxyl groups excluding tert-OH is 1. The van der Waals surface area contributed by atoms with Gasteiger partial charge in [0.15, 0.2) is 0 Å². The number of nitrogens with one attached hydrogen (secondary N) is 1. The van der Waals surface area contributed by atoms with Crippen molar-refractivity contribution in [3.63, 3.8) is 0 Å². The molecule has 4 aliphatic heterocycles. The van der Waals surface area contributed by atoms with Crippen molar-refractivity contribution in [2.24, 2.45) is 11.8 Å². The van der Waals surface area contributed by atoms with E-state index in [1.165, 1.54) is 0 Å². The number of rotatable bonds is 8. The maximum Gasteiger partial charge on any atom is 0.313 e. The van der Waals surface area contributed by atoms with Gasteiger partial charge in [0.05, 0.1) is 12.0 Å². The van der Waals surface area contributed by atoms with E-state index >= 15 is 0 Å². The quantitative estimate of drug-likeness (QED) is 0.242. The predicted octanol–water partition coefficient (Wildman–Crippen LogP) is 3.79. The third kappa shape index (κ3) is 6.49. The summed E-state index contributed by atoms with van der Waals surface area (Å²) in [5, 5.41) is 12.2. The topological polar surface area (TPSA) is 125 Å². The monoisotopic (exact) mass is 685 g/mol. The van der Waals surface area contributed by atoms with Crippen molar-refractivity contribution in [1.82, 2.24) is 15.1 Å². The molecule has 1 spiro atoms. The number of allylic oxidation sites excluding steroid dienone is 1. The Morgan fingerprint density at radius 1 is 1.02 bits per heavy atom. The van der Waals surface area contributed by atoms with Crippen LogP contribution in [0.25, 0.3) is 0 Å². The van der Waals surface area contributed by atoms with Crippen LogP contribution >= 0.6 is 15.9 Å². The second-order valence-electron chi connectivity index (χ2n) is 12.7. The van der Waals surface area contributed by atoms with Crippen LogP contribution in [0.3, 0.4) is 0 Å². The summed E-state index contributed by atoms with van der Waals surface area (Å²) in [6.45, 7) is 6.40. The molecule has 11 heteroatoms. The summed E-state index contributed by atoms with van der Waals surface area (Å²) in [4.78, 5) is 59.4. The van der Waals surface area contributed by atoms with Gasteiger partial charge in [-0.15, -0.1) is 0 Å². The lowest BCUT2D eigenvalue weighted by Gasteiger charge is -2.37. The van der Waals surface area contributed by atoms with Crippen molar-refractivity contribution < 1.29 is 33.8 Å². The van der Waals surface area contributed by atoms with Crippen molar-refractivity contribution in [3.05, 3.63) is 58.6 Å². The minimum Gasteiger partial charge on any atom is -0.455 e. The van der Waals surface area contributed by atoms with Crippen molar-refractivity contribution >= 4 is 39.6 Å². The number of fused-ring (bicyclic) bond motifs is 2. The third-order valence-corrected chi connectivity index (χ3v) is 10.0. The fourth-order valence-electron chi connectivity index (χ4n) is 7.19. The number of amides is 3. The van der Waals surface area contributed by atoms with Gasteiger partial charge in [-0.05, 0) is 51.7 Å². The molecule has 0 radical (unpaired) electrons. The maximum absolute atomic E-state index is 14.5. The Kier molecular flexibility index (Phi) is 10.5. The molecule has 0 aliphatic carbocycles. The number of likely N-dealkylation sites (tertiary alicyclic amines) is 1. The fourth-order valence-corrected chi connectivity index (χ4v) is 7.93. The van der Waals surface area contributed by atoms with E-state index in [9.17, 15) is 24.3 Å². The van der Waals surface area contributed by atoms with Crippen LogP contribution in [0.2, 0.25) is 0 Å². The molecular formula is C34H44BrN3O7. The number of esters is 1. The Balaban J connectivity index is 1.56. The van der Waals surface area contributed by atoms with Gasteiger partial charge >= 0.3 is 5.97 Å². The molecule has 4 aliphatic rings. The highest BCUT2D eigenvalue weighted by molar-refractivity contribution is 9.11. The van der Waals surface area contributed by atoms with Gasteiger partial charge < -0.3 is 29.7 Å². The molecule has 2 fully saturated rings. The minimum absolute atomic E-state index is 0.107. The van der Waals surface area contributed by atoms with Gasteiger partial charge in [-0.3, -0.25) is 19.2 Å². The van der Waals surface area contributed by atoms with E-state index in [4.69, 9.17) is 9.47 Å². The number of benzene rings is 1. The van der Waals surface area contributed by atoms with Gasteiger partial charge in [-0.1, -0.05) is 71.3 Å². The molecule has 5 rings (SSSR count). The first-order chi connectivity index (χ1) is 21.6. The summed E-state index contributed by atoms with van der Waals surface area (Å²) >= 11 is 3.60. The van der Waals surface area contributed by atoms with E-state index in [-0.39, 0.29) is 36.8 Å². The smallest absolute Gasteiger partial charge is 0.313 e. The average molecular weight is 687 g/mol. The second kappa shape index (κ2) is 14.2. The molecule has 2 N–H and O–H groups in total. The van der Waals surface area contributed by atoms with E-state index < -0.39 is 47.7 Å². The number of cyclic esters (lactones) is 1. The van der Waals surface area contributed by atoms with Gasteiger partial charge in [0.1, 0.15) is 29.8 Å². The predicted molar refractivity (Wildman–Crippen MR) is 171 cm³/mol. The van der Waals surface area contributed by atoms with Gasteiger partial charge in [0.25, 0.3) is 0 Å². The van der Waals surface area contributed by atoms with Gasteiger partial charge in [-0.25, -0.2) is 0 Å². The van der Waals surface area contributed by atoms with Crippen LogP contribution in [0.1, 0.15) is 71.0 Å². The van der Waals surface area contributed by atoms with Gasteiger partial charge in [-0.2, -0.15) is 0 Å². The lowest BCUT2D eigenvalue weighted by atomic mass is 9.74. The summed E-state index contributed by atoms with van der Waals surface area (Å²) in [6, 6.07) is 7.55. The number of carbonyl (C=O) groups is 4. The number of carbonyl (C=O) groups excluding carboxylic acids is 4. The van der Waals surface area contributed by atoms with Crippen LogP contribution in [-0.2, 0) is 28.7 Å². The van der Waals surface area contributed by atoms with Crippen molar-refractivity contribution in [2.45, 2.75) is 95.2 Å². The van der Waals surface area contributed by atoms with E-state index in [0.29, 0.717) is 42.4 Å². The number of hydrogen-bond donors (Lipinski definition) is 2. The highest BCUT2D eigenvalue weighted by Gasteiger charge is 2.75. The number of ether oxygens (including phenoxy) is 2. The van der Waals surface area contributed by atoms with Crippen LogP contribution in [0, 0.1) is 11.8 Å².